The molecular weight excluding hydrogens is 594 g/mol. The first kappa shape index (κ1) is 26.3. The lowest BCUT2D eigenvalue weighted by Crippen LogP contribution is -2.46. The van der Waals surface area contributed by atoms with Gasteiger partial charge in [-0.05, 0) is 49.6 Å². The zero-order valence-electron chi connectivity index (χ0n) is 20.1. The fraction of sp³-hybridized carbons (Fsp3) is 0.0667. The summed E-state index contributed by atoms with van der Waals surface area (Å²) in [5.74, 6) is 0.593. The van der Waals surface area contributed by atoms with Crippen LogP contribution in [0.4, 0.5) is 0 Å². The van der Waals surface area contributed by atoms with Gasteiger partial charge in [0, 0.05) is 5.56 Å². The predicted octanol–water partition coefficient (Wildman–Crippen LogP) is 5.70. The molecule has 0 aliphatic carbocycles. The third-order valence-electron chi connectivity index (χ3n) is 6.15. The van der Waals surface area contributed by atoms with Crippen molar-refractivity contribution < 1.29 is 0 Å². The molecule has 1 aromatic heterocycles. The molecule has 180 valence electrons. The third kappa shape index (κ3) is 4.80. The molecule has 1 N–H and O–H groups in total. The minimum absolute atomic E-state index is 0. The van der Waals surface area contributed by atoms with Crippen LogP contribution in [-0.4, -0.2) is 16.2 Å². The molecule has 0 saturated carbocycles. The van der Waals surface area contributed by atoms with Crippen molar-refractivity contribution in [3.05, 3.63) is 131 Å². The number of thioether (sulfide) groups is 1. The number of hydrogen-bond acceptors (Lipinski definition) is 3. The Balaban J connectivity index is 0.00000304. The smallest absolute Gasteiger partial charge is 0.296 e. The standard InChI is InChI=1S/C30H25N2OPS.HI/c1-22-18-20-23(21-19-22)28-31-29(33)27(30(32-28)35-2)34(24-12-6-3-7-13-24,25-14-8-4-9-15-25)26-16-10-5-11-17-26;/h3-21H,1-2H3;1H/p+1. The van der Waals surface area contributed by atoms with Crippen molar-refractivity contribution in [2.24, 2.45) is 0 Å². The number of nitrogens with zero attached hydrogens (tertiary/aromatic N) is 1. The lowest BCUT2D eigenvalue weighted by Gasteiger charge is -2.27. The predicted molar refractivity (Wildman–Crippen MR) is 167 cm³/mol. The van der Waals surface area contributed by atoms with Crippen molar-refractivity contribution in [3.8, 4) is 11.4 Å². The van der Waals surface area contributed by atoms with Crippen molar-refractivity contribution in [2.45, 2.75) is 11.9 Å². The summed E-state index contributed by atoms with van der Waals surface area (Å²) in [6.07, 6.45) is 2.00. The number of halogens is 1. The molecule has 5 aromatic rings. The maximum atomic E-state index is 14.1. The van der Waals surface area contributed by atoms with Gasteiger partial charge in [0.15, 0.2) is 7.26 Å². The molecule has 0 unspecified atom stereocenters. The lowest BCUT2D eigenvalue weighted by atomic mass is 10.1. The maximum Gasteiger partial charge on any atom is 0.296 e. The van der Waals surface area contributed by atoms with E-state index in [2.05, 4.69) is 84.7 Å². The Morgan fingerprint density at radius 1 is 0.694 bits per heavy atom. The van der Waals surface area contributed by atoms with Crippen LogP contribution >= 0.6 is 43.0 Å². The second kappa shape index (κ2) is 11.5. The molecule has 6 heteroatoms. The highest BCUT2D eigenvalue weighted by atomic mass is 127. The number of aromatic nitrogens is 2. The number of benzene rings is 4. The highest BCUT2D eigenvalue weighted by Crippen LogP contribution is 2.54. The SMILES string of the molecule is CSc1nc(-c2ccc(C)cc2)[nH]c(=O)c1[P+](c1ccccc1)(c1ccccc1)c1ccccc1.I. The molecule has 0 bridgehead atoms. The first-order valence-electron chi connectivity index (χ1n) is 11.5. The number of aromatic amines is 1. The Hall–Kier alpha value is -2.73. The number of nitrogens with one attached hydrogen (secondary N) is 1. The number of hydrogen-bond donors (Lipinski definition) is 1. The Bertz CT molecular complexity index is 1400. The van der Waals surface area contributed by atoms with Crippen molar-refractivity contribution in [1.29, 1.82) is 0 Å². The summed E-state index contributed by atoms with van der Waals surface area (Å²) in [4.78, 5) is 22.3. The molecule has 0 saturated heterocycles. The Morgan fingerprint density at radius 3 is 1.56 bits per heavy atom. The highest BCUT2D eigenvalue weighted by molar-refractivity contribution is 14.0. The third-order valence-corrected chi connectivity index (χ3v) is 11.3. The van der Waals surface area contributed by atoms with Crippen LogP contribution < -0.4 is 26.8 Å². The van der Waals surface area contributed by atoms with Gasteiger partial charge in [0.05, 0.1) is 0 Å². The summed E-state index contributed by atoms with van der Waals surface area (Å²) in [5, 5.41) is 4.88. The quantitative estimate of drug-likeness (QED) is 0.115. The monoisotopic (exact) mass is 621 g/mol. The van der Waals surface area contributed by atoms with Gasteiger partial charge in [-0.1, -0.05) is 84.4 Å². The maximum absolute atomic E-state index is 14.1. The molecule has 0 amide bonds. The summed E-state index contributed by atoms with van der Waals surface area (Å²) in [7, 11) is -2.54. The average Bonchev–Trinajstić information content (AvgIpc) is 2.92. The minimum atomic E-state index is -2.54. The van der Waals surface area contributed by atoms with Crippen LogP contribution in [0.25, 0.3) is 11.4 Å². The van der Waals surface area contributed by atoms with Gasteiger partial charge in [-0.25, -0.2) is 4.98 Å². The number of aryl methyl sites for hydroxylation is 1. The van der Waals surface area contributed by atoms with Crippen LogP contribution in [-0.2, 0) is 0 Å². The molecule has 4 aromatic carbocycles. The van der Waals surface area contributed by atoms with Crippen LogP contribution in [0.3, 0.4) is 0 Å². The van der Waals surface area contributed by atoms with E-state index in [4.69, 9.17) is 4.98 Å². The van der Waals surface area contributed by atoms with Gasteiger partial charge >= 0.3 is 0 Å². The van der Waals surface area contributed by atoms with E-state index in [1.165, 1.54) is 17.3 Å². The molecule has 0 aliphatic heterocycles. The van der Waals surface area contributed by atoms with Gasteiger partial charge in [-0.3, -0.25) is 4.79 Å². The van der Waals surface area contributed by atoms with Gasteiger partial charge in [0.1, 0.15) is 26.8 Å². The highest BCUT2D eigenvalue weighted by Gasteiger charge is 2.52. The molecule has 1 heterocycles. The van der Waals surface area contributed by atoms with Crippen molar-refractivity contribution >= 4 is 64.2 Å². The van der Waals surface area contributed by atoms with Gasteiger partial charge in [0.25, 0.3) is 5.56 Å². The molecule has 36 heavy (non-hydrogen) atoms. The molecule has 3 nitrogen and oxygen atoms in total. The van der Waals surface area contributed by atoms with E-state index < -0.39 is 7.26 Å². The lowest BCUT2D eigenvalue weighted by molar-refractivity contribution is 1.05. The van der Waals surface area contributed by atoms with Gasteiger partial charge in [-0.2, -0.15) is 0 Å². The Kier molecular flexibility index (Phi) is 8.45. The van der Waals surface area contributed by atoms with E-state index in [1.807, 2.05) is 48.7 Å². The fourth-order valence-corrected chi connectivity index (χ4v) is 9.90. The fourth-order valence-electron chi connectivity index (χ4n) is 4.52. The van der Waals surface area contributed by atoms with Gasteiger partial charge < -0.3 is 4.98 Å². The summed E-state index contributed by atoms with van der Waals surface area (Å²) in [6, 6.07) is 39.3. The first-order chi connectivity index (χ1) is 17.1. The second-order valence-corrected chi connectivity index (χ2v) is 12.4. The minimum Gasteiger partial charge on any atom is -0.303 e. The van der Waals surface area contributed by atoms with Gasteiger partial charge in [-0.15, -0.1) is 35.7 Å². The Morgan fingerprint density at radius 2 is 1.14 bits per heavy atom. The van der Waals surface area contributed by atoms with E-state index >= 15 is 0 Å². The van der Waals surface area contributed by atoms with E-state index in [9.17, 15) is 4.79 Å². The number of rotatable bonds is 6. The summed E-state index contributed by atoms with van der Waals surface area (Å²) in [6.45, 7) is 2.05. The van der Waals surface area contributed by atoms with E-state index in [-0.39, 0.29) is 29.5 Å². The zero-order valence-corrected chi connectivity index (χ0v) is 24.1. The molecular formula is C30H27IN2OPS+. The van der Waals surface area contributed by atoms with Crippen molar-refractivity contribution in [1.82, 2.24) is 9.97 Å². The molecule has 5 rings (SSSR count). The summed E-state index contributed by atoms with van der Waals surface area (Å²) in [5.41, 5.74) is 1.97. The van der Waals surface area contributed by atoms with Gasteiger partial charge in [0.2, 0.25) is 5.30 Å². The summed E-state index contributed by atoms with van der Waals surface area (Å²) < 4.78 is 0. The zero-order chi connectivity index (χ0) is 24.3. The average molecular weight is 622 g/mol. The van der Waals surface area contributed by atoms with Crippen LogP contribution in [0.1, 0.15) is 5.56 Å². The van der Waals surface area contributed by atoms with Crippen LogP contribution in [0.5, 0.6) is 0 Å². The largest absolute Gasteiger partial charge is 0.303 e. The molecule has 0 radical (unpaired) electrons. The topological polar surface area (TPSA) is 45.8 Å². The van der Waals surface area contributed by atoms with E-state index in [0.717, 1.165) is 31.8 Å². The van der Waals surface area contributed by atoms with Crippen LogP contribution in [0.2, 0.25) is 0 Å². The van der Waals surface area contributed by atoms with E-state index in [0.29, 0.717) is 5.82 Å². The molecule has 0 spiro atoms. The molecule has 0 aliphatic rings. The molecule has 0 atom stereocenters. The van der Waals surface area contributed by atoms with Crippen molar-refractivity contribution in [3.63, 3.8) is 0 Å². The normalized spacial score (nSPS) is 11.1. The van der Waals surface area contributed by atoms with Crippen LogP contribution in [0.15, 0.2) is 125 Å². The number of H-pyrrole nitrogens is 1. The second-order valence-electron chi connectivity index (χ2n) is 8.32. The van der Waals surface area contributed by atoms with Crippen LogP contribution in [0, 0.1) is 6.92 Å². The molecule has 0 fully saturated rings. The first-order valence-corrected chi connectivity index (χ1v) is 14.5. The summed E-state index contributed by atoms with van der Waals surface area (Å²) >= 11 is 1.53. The Labute approximate surface area is 233 Å². The van der Waals surface area contributed by atoms with E-state index in [1.54, 1.807) is 0 Å². The van der Waals surface area contributed by atoms with Crippen molar-refractivity contribution in [2.75, 3.05) is 6.26 Å².